The monoisotopic (exact) mass is 1020 g/mol. The summed E-state index contributed by atoms with van der Waals surface area (Å²) in [6.07, 6.45) is 4.49. The molecule has 382 valence electrons. The minimum atomic E-state index is -1.14. The molecule has 0 aliphatic carbocycles. The molecule has 2 saturated heterocycles. The highest BCUT2D eigenvalue weighted by Crippen LogP contribution is 2.41. The van der Waals surface area contributed by atoms with Crippen LogP contribution in [0.25, 0.3) is 33.3 Å². The van der Waals surface area contributed by atoms with Crippen LogP contribution in [0.3, 0.4) is 0 Å². The van der Waals surface area contributed by atoms with Gasteiger partial charge in [0.15, 0.2) is 0 Å². The predicted molar refractivity (Wildman–Crippen MR) is 290 cm³/mol. The fraction of sp³-hybridized carbons (Fsp3) is 0.491. The molecule has 3 N–H and O–H groups in total. The summed E-state index contributed by atoms with van der Waals surface area (Å²) < 4.78 is 14.0. The van der Waals surface area contributed by atoms with Crippen molar-refractivity contribution < 1.29 is 38.6 Å². The van der Waals surface area contributed by atoms with Gasteiger partial charge < -0.3 is 34.3 Å². The first-order valence-corrected chi connectivity index (χ1v) is 23.8. The van der Waals surface area contributed by atoms with Crippen molar-refractivity contribution in [1.82, 2.24) is 30.1 Å². The number of phenolic OH excluding ortho intramolecular Hbond substituents is 1. The minimum absolute atomic E-state index is 0. The number of piperidine rings is 1. The van der Waals surface area contributed by atoms with Gasteiger partial charge in [-0.25, -0.2) is 5.43 Å². The molecule has 4 aromatic rings. The number of carbonyl (C=O) groups is 5. The molecular formula is C53H74N6O8S3. The number of nitrogens with one attached hydrogen (secondary N) is 2. The molecule has 14 nitrogen and oxygen atoms in total. The molecule has 3 aliphatic rings. The molecule has 3 aliphatic heterocycles. The summed E-state index contributed by atoms with van der Waals surface area (Å²) in [5.41, 5.74) is 10.4. The molecule has 7 rings (SSSR count). The maximum atomic E-state index is 14.7. The second kappa shape index (κ2) is 24.9. The van der Waals surface area contributed by atoms with Gasteiger partial charge in [-0.15, -0.1) is 0 Å². The first-order chi connectivity index (χ1) is 32.0. The van der Waals surface area contributed by atoms with Crippen LogP contribution in [0.15, 0.2) is 73.3 Å². The second-order valence-corrected chi connectivity index (χ2v) is 19.6. The summed E-state index contributed by atoms with van der Waals surface area (Å²) in [6, 6.07) is 17.1. The molecule has 17 heteroatoms. The zero-order chi connectivity index (χ0) is 48.2. The van der Waals surface area contributed by atoms with Crippen LogP contribution in [0.1, 0.15) is 77.0 Å². The van der Waals surface area contributed by atoms with Gasteiger partial charge in [-0.2, -0.15) is 40.5 Å². The number of methoxy groups -OCH3 is 1. The Morgan fingerprint density at radius 1 is 1.00 bits per heavy atom. The molecule has 3 aromatic carbocycles. The van der Waals surface area contributed by atoms with Gasteiger partial charge in [0, 0.05) is 74.6 Å². The quantitative estimate of drug-likeness (QED) is 0.109. The van der Waals surface area contributed by atoms with E-state index in [1.165, 1.54) is 21.5 Å². The van der Waals surface area contributed by atoms with E-state index >= 15 is 0 Å². The van der Waals surface area contributed by atoms with E-state index in [1.807, 2.05) is 26.0 Å². The number of benzene rings is 3. The maximum Gasteiger partial charge on any atom is 0.324 e. The number of cyclic esters (lactones) is 1. The number of rotatable bonds is 11. The SMILES string of the molecule is C=CC(=O)N1CCC(C(=O)N(C)[C@H](C(=O)N[C@H]2Cc3cc(O)cc(c3)-c3ccc4c(c3)c(c(-c3ccccc3CCOC)n4CC)CC(C)(C)COC(=O)[C@@H]3CCCN(N3)C2=O)C(C)C)CC1.S.S.S. The Hall–Kier alpha value is -4.94. The van der Waals surface area contributed by atoms with Crippen LogP contribution < -0.4 is 10.7 Å². The number of likely N-dealkylation sites (tertiary alicyclic amines) is 1. The van der Waals surface area contributed by atoms with Crippen molar-refractivity contribution in [3.8, 4) is 28.1 Å². The number of nitrogens with zero attached hydrogens (tertiary/aromatic N) is 4. The number of amides is 4. The third-order valence-electron chi connectivity index (χ3n) is 13.7. The van der Waals surface area contributed by atoms with Gasteiger partial charge in [0.25, 0.3) is 5.91 Å². The number of carbonyl (C=O) groups excluding carboxylic acids is 5. The van der Waals surface area contributed by atoms with Crippen molar-refractivity contribution in [1.29, 1.82) is 0 Å². The number of aromatic nitrogens is 1. The van der Waals surface area contributed by atoms with Crippen LogP contribution in [-0.4, -0.2) is 119 Å². The number of likely N-dealkylation sites (N-methyl/N-ethyl adjacent to an activating group) is 1. The molecule has 0 unspecified atom stereocenters. The number of hydrogen-bond acceptors (Lipinski definition) is 9. The third kappa shape index (κ3) is 12.7. The predicted octanol–water partition coefficient (Wildman–Crippen LogP) is 6.78. The normalized spacial score (nSPS) is 18.9. The highest BCUT2D eigenvalue weighted by Gasteiger charge is 2.39. The Balaban J connectivity index is 0.00000355. The van der Waals surface area contributed by atoms with E-state index in [1.54, 1.807) is 31.2 Å². The molecule has 0 spiro atoms. The Morgan fingerprint density at radius 3 is 2.39 bits per heavy atom. The smallest absolute Gasteiger partial charge is 0.324 e. The van der Waals surface area contributed by atoms with Crippen LogP contribution in [0, 0.1) is 17.3 Å². The van der Waals surface area contributed by atoms with Crippen LogP contribution in [0.5, 0.6) is 5.75 Å². The van der Waals surface area contributed by atoms with Crippen molar-refractivity contribution in [2.24, 2.45) is 17.3 Å². The number of fused-ring (bicyclic) bond motifs is 6. The fourth-order valence-corrected chi connectivity index (χ4v) is 10.3. The van der Waals surface area contributed by atoms with Crippen molar-refractivity contribution >= 4 is 81.0 Å². The van der Waals surface area contributed by atoms with Gasteiger partial charge in [0.1, 0.15) is 23.9 Å². The lowest BCUT2D eigenvalue weighted by Crippen LogP contribution is -2.62. The number of phenols is 1. The number of ether oxygens (including phenoxy) is 2. The number of hydrazine groups is 1. The van der Waals surface area contributed by atoms with Crippen LogP contribution in [0.2, 0.25) is 0 Å². The molecule has 6 bridgehead atoms. The molecule has 2 fully saturated rings. The summed E-state index contributed by atoms with van der Waals surface area (Å²) in [7, 11) is 3.33. The third-order valence-corrected chi connectivity index (χ3v) is 13.7. The first kappa shape index (κ1) is 57.6. The number of aromatic hydroxyl groups is 1. The molecule has 0 radical (unpaired) electrons. The van der Waals surface area contributed by atoms with Crippen LogP contribution in [0.4, 0.5) is 0 Å². The van der Waals surface area contributed by atoms with E-state index in [-0.39, 0.29) is 89.5 Å². The zero-order valence-electron chi connectivity index (χ0n) is 41.7. The highest BCUT2D eigenvalue weighted by molar-refractivity contribution is 7.59. The largest absolute Gasteiger partial charge is 0.508 e. The van der Waals surface area contributed by atoms with E-state index in [2.05, 4.69) is 79.1 Å². The molecule has 0 saturated carbocycles. The summed E-state index contributed by atoms with van der Waals surface area (Å²) in [5, 5.41) is 16.8. The Morgan fingerprint density at radius 2 is 1.71 bits per heavy atom. The lowest BCUT2D eigenvalue weighted by molar-refractivity contribution is -0.155. The van der Waals surface area contributed by atoms with Gasteiger partial charge in [-0.05, 0) is 110 Å². The maximum absolute atomic E-state index is 14.7. The summed E-state index contributed by atoms with van der Waals surface area (Å²) >= 11 is 0. The Labute approximate surface area is 434 Å². The van der Waals surface area contributed by atoms with E-state index < -0.39 is 41.3 Å². The summed E-state index contributed by atoms with van der Waals surface area (Å²) in [4.78, 5) is 72.6. The molecule has 1 aromatic heterocycles. The molecule has 3 atom stereocenters. The number of hydrogen-bond donors (Lipinski definition) is 3. The van der Waals surface area contributed by atoms with Crippen molar-refractivity contribution in [2.75, 3.05) is 47.0 Å². The topological polar surface area (TPSA) is 163 Å². The van der Waals surface area contributed by atoms with Gasteiger partial charge >= 0.3 is 5.97 Å². The summed E-state index contributed by atoms with van der Waals surface area (Å²) in [6.45, 7) is 16.2. The molecule has 4 heterocycles. The minimum Gasteiger partial charge on any atom is -0.508 e. The van der Waals surface area contributed by atoms with E-state index in [0.29, 0.717) is 63.9 Å². The molecular weight excluding hydrogens is 945 g/mol. The summed E-state index contributed by atoms with van der Waals surface area (Å²) in [5.74, 6) is -2.50. The zero-order valence-corrected chi connectivity index (χ0v) is 44.7. The lowest BCUT2D eigenvalue weighted by Gasteiger charge is -2.38. The van der Waals surface area contributed by atoms with Crippen LogP contribution in [-0.2, 0) is 59.3 Å². The fourth-order valence-electron chi connectivity index (χ4n) is 10.3. The first-order valence-electron chi connectivity index (χ1n) is 23.8. The lowest BCUT2D eigenvalue weighted by atomic mass is 9.83. The van der Waals surface area contributed by atoms with Crippen molar-refractivity contribution in [2.45, 2.75) is 104 Å². The highest BCUT2D eigenvalue weighted by atomic mass is 32.1. The standard InChI is InChI=1S/C53H68N6O8.3H2S/c1-9-46(61)57-23-19-36(20-24-57)50(63)56(7)47(33(3)4)49(62)54-44-28-34-26-38(29-39(60)27-34)37-17-18-45-41(30-37)42(48(58(45)10-2)40-15-12-11-14-35(40)21-25-66-8)31-53(5,6)32-67-52(65)43-16-13-22-59(55-43)51(44)64;;;/h9,11-12,14-15,17-18,26-27,29-30,33,36,43-44,47,55,60H,1,10,13,16,19-25,28,31-32H2,2-8H3,(H,54,62);3*1H2/t43-,44-,47-;;;/m0.../s1. The van der Waals surface area contributed by atoms with Gasteiger partial charge in [-0.3, -0.25) is 29.0 Å². The number of esters is 1. The Bertz CT molecular complexity index is 2520. The van der Waals surface area contributed by atoms with Crippen LogP contribution >= 0.6 is 40.5 Å². The van der Waals surface area contributed by atoms with Gasteiger partial charge in [0.05, 0.1) is 18.9 Å². The van der Waals surface area contributed by atoms with Crippen molar-refractivity contribution in [3.05, 3.63) is 90.0 Å². The average Bonchev–Trinajstić information content (AvgIpc) is 3.62. The molecule has 4 amide bonds. The van der Waals surface area contributed by atoms with Crippen molar-refractivity contribution in [3.63, 3.8) is 0 Å². The van der Waals surface area contributed by atoms with E-state index in [9.17, 15) is 29.1 Å². The van der Waals surface area contributed by atoms with Gasteiger partial charge in [0.2, 0.25) is 17.7 Å². The van der Waals surface area contributed by atoms with E-state index in [0.717, 1.165) is 45.3 Å². The van der Waals surface area contributed by atoms with Gasteiger partial charge in [-0.1, -0.05) is 70.7 Å². The second-order valence-electron chi connectivity index (χ2n) is 19.6. The molecule has 70 heavy (non-hydrogen) atoms. The number of aryl methyl sites for hydroxylation is 1. The Kier molecular flexibility index (Phi) is 20.5. The average molecular weight is 1020 g/mol. The van der Waals surface area contributed by atoms with E-state index in [4.69, 9.17) is 9.47 Å².